The van der Waals surface area contributed by atoms with Gasteiger partial charge >= 0.3 is 5.97 Å². The molecule has 0 spiro atoms. The second kappa shape index (κ2) is 13.1. The van der Waals surface area contributed by atoms with Gasteiger partial charge in [0.15, 0.2) is 5.96 Å². The standard InChI is InChI=1S/C17H33N3O2S.HI/c1-5-18-16(20-12-13-23-17(2,3)14-20)19-11-9-7-6-8-10-15(21)22-4;/h5-14H2,1-4H3,(H,18,19);1H. The van der Waals surface area contributed by atoms with Crippen molar-refractivity contribution in [3.05, 3.63) is 0 Å². The number of thioether (sulfide) groups is 1. The average molecular weight is 471 g/mol. The van der Waals surface area contributed by atoms with Crippen molar-refractivity contribution in [2.75, 3.05) is 39.0 Å². The summed E-state index contributed by atoms with van der Waals surface area (Å²) in [5.74, 6) is 2.10. The van der Waals surface area contributed by atoms with Crippen LogP contribution in [0, 0.1) is 0 Å². The van der Waals surface area contributed by atoms with E-state index in [2.05, 4.69) is 35.7 Å². The summed E-state index contributed by atoms with van der Waals surface area (Å²) in [7, 11) is 1.44. The molecule has 1 aliphatic heterocycles. The molecule has 0 atom stereocenters. The number of aliphatic imine (C=N–C) groups is 1. The van der Waals surface area contributed by atoms with Gasteiger partial charge in [-0.25, -0.2) is 0 Å². The van der Waals surface area contributed by atoms with Crippen molar-refractivity contribution in [1.82, 2.24) is 10.2 Å². The minimum absolute atomic E-state index is 0. The highest BCUT2D eigenvalue weighted by molar-refractivity contribution is 14.0. The Bertz CT molecular complexity index is 392. The first-order valence-corrected chi connectivity index (χ1v) is 9.71. The molecule has 1 N–H and O–H groups in total. The normalized spacial score (nSPS) is 17.2. The lowest BCUT2D eigenvalue weighted by Gasteiger charge is -2.39. The van der Waals surface area contributed by atoms with Gasteiger partial charge in [0, 0.05) is 43.1 Å². The fourth-order valence-electron chi connectivity index (χ4n) is 2.64. The van der Waals surface area contributed by atoms with Crippen LogP contribution < -0.4 is 5.32 Å². The molecule has 5 nitrogen and oxygen atoms in total. The van der Waals surface area contributed by atoms with Crippen LogP contribution in [0.5, 0.6) is 0 Å². The van der Waals surface area contributed by atoms with Crippen LogP contribution in [0.2, 0.25) is 0 Å². The third-order valence-corrected chi connectivity index (χ3v) is 5.14. The second-order valence-electron chi connectivity index (χ2n) is 6.51. The van der Waals surface area contributed by atoms with E-state index in [-0.39, 0.29) is 29.9 Å². The zero-order valence-electron chi connectivity index (χ0n) is 15.6. The van der Waals surface area contributed by atoms with Crippen LogP contribution in [0.3, 0.4) is 0 Å². The summed E-state index contributed by atoms with van der Waals surface area (Å²) in [6.07, 6.45) is 4.69. The van der Waals surface area contributed by atoms with E-state index in [1.54, 1.807) is 0 Å². The van der Waals surface area contributed by atoms with E-state index in [0.717, 1.165) is 63.6 Å². The number of nitrogens with zero attached hydrogens (tertiary/aromatic N) is 2. The summed E-state index contributed by atoms with van der Waals surface area (Å²) in [5.41, 5.74) is 0. The largest absolute Gasteiger partial charge is 0.469 e. The Balaban J connectivity index is 0.00000529. The molecule has 0 aromatic rings. The zero-order chi connectivity index (χ0) is 17.1. The van der Waals surface area contributed by atoms with E-state index in [9.17, 15) is 4.79 Å². The molecular formula is C17H34IN3O2S. The lowest BCUT2D eigenvalue weighted by atomic mass is 10.1. The molecule has 1 saturated heterocycles. The molecule has 0 bridgehead atoms. The average Bonchev–Trinajstić information content (AvgIpc) is 2.51. The molecule has 0 radical (unpaired) electrons. The maximum atomic E-state index is 11.0. The minimum Gasteiger partial charge on any atom is -0.469 e. The highest BCUT2D eigenvalue weighted by atomic mass is 127. The highest BCUT2D eigenvalue weighted by Crippen LogP contribution is 2.29. The second-order valence-corrected chi connectivity index (χ2v) is 8.31. The van der Waals surface area contributed by atoms with Crippen molar-refractivity contribution in [3.63, 3.8) is 0 Å². The number of carbonyl (C=O) groups is 1. The molecule has 0 amide bonds. The van der Waals surface area contributed by atoms with E-state index in [1.807, 2.05) is 11.8 Å². The van der Waals surface area contributed by atoms with E-state index < -0.39 is 0 Å². The van der Waals surface area contributed by atoms with Crippen LogP contribution >= 0.6 is 35.7 Å². The molecular weight excluding hydrogens is 437 g/mol. The van der Waals surface area contributed by atoms with Crippen LogP contribution in [0.1, 0.15) is 52.9 Å². The van der Waals surface area contributed by atoms with E-state index in [4.69, 9.17) is 4.99 Å². The number of esters is 1. The summed E-state index contributed by atoms with van der Waals surface area (Å²) in [6.45, 7) is 10.6. The molecule has 0 saturated carbocycles. The fraction of sp³-hybridized carbons (Fsp3) is 0.882. The summed E-state index contributed by atoms with van der Waals surface area (Å²) >= 11 is 2.04. The fourth-order valence-corrected chi connectivity index (χ4v) is 3.76. The molecule has 0 aromatic carbocycles. The maximum Gasteiger partial charge on any atom is 0.305 e. The Labute approximate surface area is 168 Å². The van der Waals surface area contributed by atoms with Crippen LogP contribution in [0.15, 0.2) is 4.99 Å². The Morgan fingerprint density at radius 2 is 2.00 bits per heavy atom. The molecule has 142 valence electrons. The van der Waals surface area contributed by atoms with Gasteiger partial charge in [0.25, 0.3) is 0 Å². The number of hydrogen-bond donors (Lipinski definition) is 1. The molecule has 7 heteroatoms. The Kier molecular flexibility index (Phi) is 13.0. The van der Waals surface area contributed by atoms with Gasteiger partial charge in [-0.3, -0.25) is 9.79 Å². The monoisotopic (exact) mass is 471 g/mol. The zero-order valence-corrected chi connectivity index (χ0v) is 18.7. The smallest absolute Gasteiger partial charge is 0.305 e. The van der Waals surface area contributed by atoms with Gasteiger partial charge < -0.3 is 15.0 Å². The Morgan fingerprint density at radius 3 is 2.62 bits per heavy atom. The maximum absolute atomic E-state index is 11.0. The van der Waals surface area contributed by atoms with Gasteiger partial charge in [0.05, 0.1) is 7.11 Å². The number of hydrogen-bond acceptors (Lipinski definition) is 4. The summed E-state index contributed by atoms with van der Waals surface area (Å²) in [6, 6.07) is 0. The van der Waals surface area contributed by atoms with E-state index in [1.165, 1.54) is 7.11 Å². The number of methoxy groups -OCH3 is 1. The molecule has 1 fully saturated rings. The minimum atomic E-state index is -0.108. The number of rotatable bonds is 8. The molecule has 0 aliphatic carbocycles. The highest BCUT2D eigenvalue weighted by Gasteiger charge is 2.28. The summed E-state index contributed by atoms with van der Waals surface area (Å²) < 4.78 is 4.94. The van der Waals surface area contributed by atoms with Gasteiger partial charge in [0.1, 0.15) is 0 Å². The number of nitrogens with one attached hydrogen (secondary N) is 1. The molecule has 0 aromatic heterocycles. The number of halogens is 1. The lowest BCUT2D eigenvalue weighted by Crippen LogP contribution is -2.51. The van der Waals surface area contributed by atoms with Crippen molar-refractivity contribution in [3.8, 4) is 0 Å². The van der Waals surface area contributed by atoms with Gasteiger partial charge in [-0.1, -0.05) is 12.8 Å². The predicted molar refractivity (Wildman–Crippen MR) is 115 cm³/mol. The van der Waals surface area contributed by atoms with Gasteiger partial charge in [-0.05, 0) is 33.6 Å². The lowest BCUT2D eigenvalue weighted by molar-refractivity contribution is -0.140. The first-order chi connectivity index (χ1) is 11.0. The summed E-state index contributed by atoms with van der Waals surface area (Å²) in [4.78, 5) is 18.2. The van der Waals surface area contributed by atoms with Crippen LogP contribution in [-0.2, 0) is 9.53 Å². The first-order valence-electron chi connectivity index (χ1n) is 8.72. The summed E-state index contributed by atoms with van der Waals surface area (Å²) in [5, 5.41) is 3.42. The van der Waals surface area contributed by atoms with Crippen LogP contribution in [-0.4, -0.2) is 60.6 Å². The van der Waals surface area contributed by atoms with Crippen molar-refractivity contribution in [1.29, 1.82) is 0 Å². The topological polar surface area (TPSA) is 53.9 Å². The predicted octanol–water partition coefficient (Wildman–Crippen LogP) is 3.52. The van der Waals surface area contributed by atoms with Gasteiger partial charge in [0.2, 0.25) is 0 Å². The first kappa shape index (κ1) is 23.8. The molecule has 0 unspecified atom stereocenters. The number of carbonyl (C=O) groups excluding carboxylic acids is 1. The van der Waals surface area contributed by atoms with E-state index >= 15 is 0 Å². The SMILES string of the molecule is CCNC(=NCCCCCCC(=O)OC)N1CCSC(C)(C)C1.I. The molecule has 24 heavy (non-hydrogen) atoms. The van der Waals surface area contributed by atoms with E-state index in [0.29, 0.717) is 11.2 Å². The third-order valence-electron chi connectivity index (χ3n) is 3.84. The van der Waals surface area contributed by atoms with Gasteiger partial charge in [-0.15, -0.1) is 24.0 Å². The number of unbranched alkanes of at least 4 members (excludes halogenated alkanes) is 3. The molecule has 1 aliphatic rings. The van der Waals surface area contributed by atoms with Crippen LogP contribution in [0.4, 0.5) is 0 Å². The van der Waals surface area contributed by atoms with Crippen molar-refractivity contribution < 1.29 is 9.53 Å². The Morgan fingerprint density at radius 1 is 1.29 bits per heavy atom. The quantitative estimate of drug-likeness (QED) is 0.193. The van der Waals surface area contributed by atoms with Crippen molar-refractivity contribution >= 4 is 47.7 Å². The third kappa shape index (κ3) is 9.96. The van der Waals surface area contributed by atoms with Crippen molar-refractivity contribution in [2.45, 2.75) is 57.6 Å². The number of guanidine groups is 1. The molecule has 1 rings (SSSR count). The van der Waals surface area contributed by atoms with Crippen LogP contribution in [0.25, 0.3) is 0 Å². The van der Waals surface area contributed by atoms with Gasteiger partial charge in [-0.2, -0.15) is 11.8 Å². The number of ether oxygens (including phenoxy) is 1. The Hall–Kier alpha value is -0.180. The van der Waals surface area contributed by atoms with Crippen molar-refractivity contribution in [2.24, 2.45) is 4.99 Å². The molecule has 1 heterocycles.